The SMILES string of the molecule is Cn1nc(-c2ccco2)c2cc(N)cnc21. The second-order valence-electron chi connectivity index (χ2n) is 3.59. The second-order valence-corrected chi connectivity index (χ2v) is 3.59. The highest BCUT2D eigenvalue weighted by atomic mass is 16.3. The Balaban J connectivity index is 2.37. The van der Waals surface area contributed by atoms with Gasteiger partial charge in [-0.3, -0.25) is 0 Å². The van der Waals surface area contributed by atoms with E-state index in [1.165, 1.54) is 0 Å². The summed E-state index contributed by atoms with van der Waals surface area (Å²) in [7, 11) is 1.85. The quantitative estimate of drug-likeness (QED) is 0.670. The van der Waals surface area contributed by atoms with Crippen LogP contribution in [-0.2, 0) is 7.05 Å². The lowest BCUT2D eigenvalue weighted by atomic mass is 10.2. The Morgan fingerprint density at radius 2 is 2.31 bits per heavy atom. The third kappa shape index (κ3) is 1.18. The van der Waals surface area contributed by atoms with Crippen molar-refractivity contribution in [2.45, 2.75) is 0 Å². The van der Waals surface area contributed by atoms with Crippen LogP contribution in [0.2, 0.25) is 0 Å². The molecule has 0 amide bonds. The van der Waals surface area contributed by atoms with Gasteiger partial charge in [0.15, 0.2) is 11.4 Å². The molecule has 16 heavy (non-hydrogen) atoms. The van der Waals surface area contributed by atoms with Crippen LogP contribution < -0.4 is 5.73 Å². The Morgan fingerprint density at radius 1 is 1.44 bits per heavy atom. The van der Waals surface area contributed by atoms with E-state index < -0.39 is 0 Å². The van der Waals surface area contributed by atoms with Crippen molar-refractivity contribution in [1.82, 2.24) is 14.8 Å². The van der Waals surface area contributed by atoms with Crippen LogP contribution in [0.3, 0.4) is 0 Å². The van der Waals surface area contributed by atoms with Gasteiger partial charge in [-0.05, 0) is 18.2 Å². The Kier molecular flexibility index (Phi) is 1.73. The molecule has 0 spiro atoms. The molecule has 3 aromatic heterocycles. The number of nitrogens with two attached hydrogens (primary N) is 1. The lowest BCUT2D eigenvalue weighted by Crippen LogP contribution is -1.92. The number of nitrogens with zero attached hydrogens (tertiary/aromatic N) is 3. The molecule has 0 fully saturated rings. The topological polar surface area (TPSA) is 69.9 Å². The van der Waals surface area contributed by atoms with Gasteiger partial charge in [-0.1, -0.05) is 0 Å². The molecule has 0 aromatic carbocycles. The van der Waals surface area contributed by atoms with Crippen LogP contribution >= 0.6 is 0 Å². The van der Waals surface area contributed by atoms with E-state index in [0.29, 0.717) is 5.69 Å². The summed E-state index contributed by atoms with van der Waals surface area (Å²) in [5.41, 5.74) is 7.90. The van der Waals surface area contributed by atoms with E-state index in [4.69, 9.17) is 10.2 Å². The minimum absolute atomic E-state index is 0.619. The third-order valence-corrected chi connectivity index (χ3v) is 2.45. The van der Waals surface area contributed by atoms with Crippen molar-refractivity contribution in [2.75, 3.05) is 5.73 Å². The molecule has 0 unspecified atom stereocenters. The number of hydrogen-bond acceptors (Lipinski definition) is 4. The van der Waals surface area contributed by atoms with Gasteiger partial charge >= 0.3 is 0 Å². The zero-order valence-electron chi connectivity index (χ0n) is 8.71. The minimum Gasteiger partial charge on any atom is -0.463 e. The van der Waals surface area contributed by atoms with Crippen LogP contribution in [0.15, 0.2) is 35.1 Å². The Labute approximate surface area is 91.5 Å². The summed E-state index contributed by atoms with van der Waals surface area (Å²) >= 11 is 0. The maximum Gasteiger partial charge on any atom is 0.158 e. The molecule has 0 aliphatic carbocycles. The van der Waals surface area contributed by atoms with Crippen LogP contribution in [0.25, 0.3) is 22.5 Å². The first kappa shape index (κ1) is 8.96. The maximum atomic E-state index is 5.73. The number of aryl methyl sites for hydroxylation is 1. The van der Waals surface area contributed by atoms with E-state index in [2.05, 4.69) is 10.1 Å². The van der Waals surface area contributed by atoms with E-state index in [1.807, 2.05) is 25.2 Å². The van der Waals surface area contributed by atoms with Gasteiger partial charge in [0.05, 0.1) is 23.5 Å². The highest BCUT2D eigenvalue weighted by Gasteiger charge is 2.13. The number of fused-ring (bicyclic) bond motifs is 1. The molecule has 0 saturated carbocycles. The lowest BCUT2D eigenvalue weighted by Gasteiger charge is -1.94. The summed E-state index contributed by atoms with van der Waals surface area (Å²) < 4.78 is 7.05. The molecule has 80 valence electrons. The smallest absolute Gasteiger partial charge is 0.158 e. The van der Waals surface area contributed by atoms with Crippen LogP contribution in [0.5, 0.6) is 0 Å². The normalized spacial score (nSPS) is 11.1. The van der Waals surface area contributed by atoms with Crippen LogP contribution in [-0.4, -0.2) is 14.8 Å². The summed E-state index contributed by atoms with van der Waals surface area (Å²) in [4.78, 5) is 4.24. The molecule has 0 saturated heterocycles. The number of hydrogen-bond donors (Lipinski definition) is 1. The first-order chi connectivity index (χ1) is 7.75. The maximum absolute atomic E-state index is 5.73. The number of nitrogen functional groups attached to an aromatic ring is 1. The predicted octanol–water partition coefficient (Wildman–Crippen LogP) is 1.81. The predicted molar refractivity (Wildman–Crippen MR) is 60.6 cm³/mol. The third-order valence-electron chi connectivity index (χ3n) is 2.45. The summed E-state index contributed by atoms with van der Waals surface area (Å²) in [5.74, 6) is 0.720. The van der Waals surface area contributed by atoms with Gasteiger partial charge in [0.2, 0.25) is 0 Å². The average Bonchev–Trinajstić information content (AvgIpc) is 2.86. The van der Waals surface area contributed by atoms with Crippen LogP contribution in [0, 0.1) is 0 Å². The van der Waals surface area contributed by atoms with Gasteiger partial charge in [0, 0.05) is 7.05 Å². The van der Waals surface area contributed by atoms with Crippen molar-refractivity contribution in [2.24, 2.45) is 7.05 Å². The highest BCUT2D eigenvalue weighted by molar-refractivity contribution is 5.91. The summed E-state index contributed by atoms with van der Waals surface area (Å²) in [6, 6.07) is 5.55. The summed E-state index contributed by atoms with van der Waals surface area (Å²) in [5, 5.41) is 5.28. The van der Waals surface area contributed by atoms with Crippen molar-refractivity contribution in [3.8, 4) is 11.5 Å². The molecule has 2 N–H and O–H groups in total. The fraction of sp³-hybridized carbons (Fsp3) is 0.0909. The standard InChI is InChI=1S/C11H10N4O/c1-15-11-8(5-7(12)6-13-11)10(14-15)9-3-2-4-16-9/h2-6H,12H2,1H3. The van der Waals surface area contributed by atoms with Gasteiger partial charge in [-0.25, -0.2) is 9.67 Å². The number of pyridine rings is 1. The molecular weight excluding hydrogens is 204 g/mol. The largest absolute Gasteiger partial charge is 0.463 e. The van der Waals surface area contributed by atoms with Gasteiger partial charge < -0.3 is 10.2 Å². The van der Waals surface area contributed by atoms with E-state index in [-0.39, 0.29) is 0 Å². The van der Waals surface area contributed by atoms with E-state index >= 15 is 0 Å². The van der Waals surface area contributed by atoms with Crippen molar-refractivity contribution < 1.29 is 4.42 Å². The number of aromatic nitrogens is 3. The number of anilines is 1. The highest BCUT2D eigenvalue weighted by Crippen LogP contribution is 2.27. The molecule has 5 nitrogen and oxygen atoms in total. The molecule has 0 aliphatic rings. The lowest BCUT2D eigenvalue weighted by molar-refractivity contribution is 0.578. The fourth-order valence-electron chi connectivity index (χ4n) is 1.75. The van der Waals surface area contributed by atoms with Crippen molar-refractivity contribution in [3.05, 3.63) is 30.7 Å². The van der Waals surface area contributed by atoms with Crippen molar-refractivity contribution in [3.63, 3.8) is 0 Å². The van der Waals surface area contributed by atoms with Gasteiger partial charge in [-0.2, -0.15) is 5.10 Å². The molecule has 0 atom stereocenters. The first-order valence-electron chi connectivity index (χ1n) is 4.88. The summed E-state index contributed by atoms with van der Waals surface area (Å²) in [6.07, 6.45) is 3.24. The monoisotopic (exact) mass is 214 g/mol. The Bertz CT molecular complexity index is 639. The Morgan fingerprint density at radius 3 is 3.06 bits per heavy atom. The van der Waals surface area contributed by atoms with E-state index in [0.717, 1.165) is 22.5 Å². The van der Waals surface area contributed by atoms with E-state index in [9.17, 15) is 0 Å². The molecule has 0 bridgehead atoms. The van der Waals surface area contributed by atoms with Crippen LogP contribution in [0.4, 0.5) is 5.69 Å². The van der Waals surface area contributed by atoms with Gasteiger partial charge in [0.1, 0.15) is 5.69 Å². The number of rotatable bonds is 1. The second kappa shape index (κ2) is 3.10. The first-order valence-corrected chi connectivity index (χ1v) is 4.88. The van der Waals surface area contributed by atoms with Gasteiger partial charge in [-0.15, -0.1) is 0 Å². The molecule has 0 aliphatic heterocycles. The van der Waals surface area contributed by atoms with Crippen molar-refractivity contribution >= 4 is 16.7 Å². The number of furan rings is 1. The molecular formula is C11H10N4O. The molecule has 3 aromatic rings. The van der Waals surface area contributed by atoms with Crippen molar-refractivity contribution in [1.29, 1.82) is 0 Å². The molecule has 5 heteroatoms. The van der Waals surface area contributed by atoms with Crippen LogP contribution in [0.1, 0.15) is 0 Å². The minimum atomic E-state index is 0.619. The summed E-state index contributed by atoms with van der Waals surface area (Å²) in [6.45, 7) is 0. The molecule has 3 rings (SSSR count). The average molecular weight is 214 g/mol. The fourth-order valence-corrected chi connectivity index (χ4v) is 1.75. The zero-order chi connectivity index (χ0) is 11.1. The molecule has 3 heterocycles. The molecule has 0 radical (unpaired) electrons. The van der Waals surface area contributed by atoms with E-state index in [1.54, 1.807) is 17.1 Å². The Hall–Kier alpha value is -2.30. The van der Waals surface area contributed by atoms with Gasteiger partial charge in [0.25, 0.3) is 0 Å². The zero-order valence-corrected chi connectivity index (χ0v) is 8.71.